The molecule has 0 aliphatic heterocycles. The van der Waals surface area contributed by atoms with Crippen LogP contribution in [0.25, 0.3) is 0 Å². The molecule has 1 atom stereocenters. The van der Waals surface area contributed by atoms with Gasteiger partial charge in [-0.1, -0.05) is 45.7 Å². The highest BCUT2D eigenvalue weighted by molar-refractivity contribution is 7.89. The number of carbonyl (C=O) groups is 2. The van der Waals surface area contributed by atoms with Crippen molar-refractivity contribution in [1.82, 2.24) is 14.7 Å². The molecule has 0 bridgehead atoms. The lowest BCUT2D eigenvalue weighted by Crippen LogP contribution is -2.40. The van der Waals surface area contributed by atoms with E-state index in [0.29, 0.717) is 5.69 Å². The lowest BCUT2D eigenvalue weighted by molar-refractivity contribution is -0.135. The molecule has 228 valence electrons. The zero-order valence-electron chi connectivity index (χ0n) is 25.0. The fourth-order valence-electron chi connectivity index (χ4n) is 4.23. The highest BCUT2D eigenvalue weighted by Gasteiger charge is 2.29. The van der Waals surface area contributed by atoms with E-state index in [-0.39, 0.29) is 22.7 Å². The summed E-state index contributed by atoms with van der Waals surface area (Å²) in [6.45, 7) is 10.9. The summed E-state index contributed by atoms with van der Waals surface area (Å²) in [6.07, 6.45) is 4.04. The summed E-state index contributed by atoms with van der Waals surface area (Å²) in [4.78, 5) is 36.2. The number of unbranched alkanes of at least 4 members (excludes halogenated alkanes) is 1. The number of nitrogens with one attached hydrogen (secondary N) is 1. The van der Waals surface area contributed by atoms with Crippen LogP contribution < -0.4 is 9.62 Å². The van der Waals surface area contributed by atoms with Crippen molar-refractivity contribution in [3.63, 3.8) is 0 Å². The molecule has 0 aliphatic carbocycles. The van der Waals surface area contributed by atoms with Crippen LogP contribution in [-0.4, -0.2) is 47.7 Å². The van der Waals surface area contributed by atoms with Gasteiger partial charge in [-0.25, -0.2) is 27.9 Å². The predicted molar refractivity (Wildman–Crippen MR) is 163 cm³/mol. The van der Waals surface area contributed by atoms with Gasteiger partial charge in [-0.2, -0.15) is 0 Å². The second-order valence-corrected chi connectivity index (χ2v) is 14.5. The maximum absolute atomic E-state index is 13.4. The van der Waals surface area contributed by atoms with Crippen molar-refractivity contribution in [3.05, 3.63) is 70.2 Å². The average molecular weight is 617 g/mol. The molecule has 0 saturated heterocycles. The Hall–Kier alpha value is -3.35. The van der Waals surface area contributed by atoms with Crippen molar-refractivity contribution < 1.29 is 27.9 Å². The van der Waals surface area contributed by atoms with Crippen molar-refractivity contribution >= 4 is 39.2 Å². The number of anilines is 1. The van der Waals surface area contributed by atoms with Crippen LogP contribution in [0.3, 0.4) is 0 Å². The molecule has 1 amide bonds. The number of rotatable bonds is 13. The van der Waals surface area contributed by atoms with Crippen LogP contribution in [0.15, 0.2) is 59.8 Å². The van der Waals surface area contributed by atoms with E-state index >= 15 is 0 Å². The van der Waals surface area contributed by atoms with Crippen molar-refractivity contribution in [1.29, 1.82) is 0 Å². The largest absolute Gasteiger partial charge is 0.480 e. The number of nitrogens with zero attached hydrogens (tertiary/aromatic N) is 3. The van der Waals surface area contributed by atoms with Crippen LogP contribution in [0.1, 0.15) is 82.3 Å². The van der Waals surface area contributed by atoms with Crippen molar-refractivity contribution in [2.45, 2.75) is 89.3 Å². The van der Waals surface area contributed by atoms with Gasteiger partial charge in [0.25, 0.3) is 10.0 Å². The summed E-state index contributed by atoms with van der Waals surface area (Å²) in [6, 6.07) is 12.6. The lowest BCUT2D eigenvalue weighted by atomic mass is 9.86. The van der Waals surface area contributed by atoms with E-state index in [1.165, 1.54) is 23.2 Å². The Kier molecular flexibility index (Phi) is 10.9. The fourth-order valence-corrected chi connectivity index (χ4v) is 6.57. The Labute approximate surface area is 252 Å². The number of aliphatic carboxylic acids is 1. The molecule has 2 N–H and O–H groups in total. The maximum Gasteiger partial charge on any atom is 0.416 e. The van der Waals surface area contributed by atoms with Gasteiger partial charge in [0.05, 0.1) is 11.7 Å². The summed E-state index contributed by atoms with van der Waals surface area (Å²) in [5.41, 5.74) is -0.579. The number of hydrogen-bond donors (Lipinski definition) is 2. The lowest BCUT2D eigenvalue weighted by Gasteiger charge is -2.26. The number of pyridine rings is 2. The Morgan fingerprint density at radius 1 is 1.07 bits per heavy atom. The first-order valence-electron chi connectivity index (χ1n) is 13.8. The van der Waals surface area contributed by atoms with Crippen LogP contribution in [0.5, 0.6) is 0 Å². The summed E-state index contributed by atoms with van der Waals surface area (Å²) in [7, 11) is -4.05. The number of carboxylic acids is 1. The number of carboxylic acid groups (broad SMARTS) is 1. The summed E-state index contributed by atoms with van der Waals surface area (Å²) in [5.74, 6) is -1.23. The maximum atomic E-state index is 13.4. The van der Waals surface area contributed by atoms with Crippen LogP contribution in [0, 0.1) is 0 Å². The van der Waals surface area contributed by atoms with Crippen LogP contribution in [0.2, 0.25) is 0 Å². The van der Waals surface area contributed by atoms with Gasteiger partial charge in [0.1, 0.15) is 18.0 Å². The molecule has 42 heavy (non-hydrogen) atoms. The zero-order chi connectivity index (χ0) is 31.1. The third-order valence-electron chi connectivity index (χ3n) is 6.40. The van der Waals surface area contributed by atoms with Gasteiger partial charge < -0.3 is 9.84 Å². The first kappa shape index (κ1) is 33.2. The standard InChI is InChI=1S/C30H40N4O6S2/c1-7-8-17-30(5,6)24-16-15-21(41-24)19-23(33-42(38,39)26-14-9-10-18-31-26)22-12-11-13-25(32-22)34(20-27(35)36)28(37)40-29(2,3)4/h9-16,18,23,33H,7-8,17,19-20H2,1-6H3,(H,35,36). The number of aromatic nitrogens is 2. The SMILES string of the molecule is CCCCC(C)(C)c1ccc(CC(NS(=O)(=O)c2ccccn2)c2cccc(N(CC(=O)O)C(=O)OC(C)(C)C)n2)s1. The normalized spacial score (nSPS) is 13.0. The molecule has 0 fully saturated rings. The van der Waals surface area contributed by atoms with Gasteiger partial charge in [0.15, 0.2) is 5.03 Å². The van der Waals surface area contributed by atoms with E-state index in [2.05, 4.69) is 41.5 Å². The molecule has 3 aromatic heterocycles. The highest BCUT2D eigenvalue weighted by Crippen LogP contribution is 2.36. The third kappa shape index (κ3) is 9.33. The quantitative estimate of drug-likeness (QED) is 0.235. The van der Waals surface area contributed by atoms with Crippen LogP contribution in [0.4, 0.5) is 10.6 Å². The van der Waals surface area contributed by atoms with Crippen LogP contribution >= 0.6 is 11.3 Å². The second kappa shape index (κ2) is 13.7. The number of carbonyl (C=O) groups excluding carboxylic acids is 1. The van der Waals surface area contributed by atoms with Gasteiger partial charge in [0, 0.05) is 22.4 Å². The van der Waals surface area contributed by atoms with Crippen molar-refractivity contribution in [2.75, 3.05) is 11.4 Å². The molecular weight excluding hydrogens is 576 g/mol. The molecule has 3 rings (SSSR count). The monoisotopic (exact) mass is 616 g/mol. The topological polar surface area (TPSA) is 139 Å². The summed E-state index contributed by atoms with van der Waals surface area (Å²) in [5, 5.41) is 9.35. The van der Waals surface area contributed by atoms with E-state index in [1.807, 2.05) is 6.07 Å². The highest BCUT2D eigenvalue weighted by atomic mass is 32.2. The smallest absolute Gasteiger partial charge is 0.416 e. The fraction of sp³-hybridized carbons (Fsp3) is 0.467. The van der Waals surface area contributed by atoms with Gasteiger partial charge in [0.2, 0.25) is 0 Å². The number of thiophene rings is 1. The van der Waals surface area contributed by atoms with Crippen molar-refractivity contribution in [3.8, 4) is 0 Å². The van der Waals surface area contributed by atoms with Gasteiger partial charge in [-0.15, -0.1) is 11.3 Å². The van der Waals surface area contributed by atoms with E-state index in [4.69, 9.17) is 4.74 Å². The molecule has 3 aromatic rings. The Morgan fingerprint density at radius 2 is 1.81 bits per heavy atom. The summed E-state index contributed by atoms with van der Waals surface area (Å²) >= 11 is 1.62. The molecule has 0 spiro atoms. The number of hydrogen-bond acceptors (Lipinski definition) is 8. The molecular formula is C30H40N4O6S2. The first-order chi connectivity index (χ1) is 19.6. The minimum Gasteiger partial charge on any atom is -0.480 e. The Morgan fingerprint density at radius 3 is 2.43 bits per heavy atom. The minimum absolute atomic E-state index is 0.0230. The number of amides is 1. The van der Waals surface area contributed by atoms with Crippen molar-refractivity contribution in [2.24, 2.45) is 0 Å². The third-order valence-corrected chi connectivity index (χ3v) is 9.26. The minimum atomic E-state index is -4.05. The molecule has 0 aliphatic rings. The molecule has 3 heterocycles. The van der Waals surface area contributed by atoms with Gasteiger partial charge >= 0.3 is 12.1 Å². The Balaban J connectivity index is 2.02. The molecule has 1 unspecified atom stereocenters. The molecule has 0 radical (unpaired) electrons. The molecule has 0 aromatic carbocycles. The first-order valence-corrected chi connectivity index (χ1v) is 16.1. The molecule has 12 heteroatoms. The summed E-state index contributed by atoms with van der Waals surface area (Å²) < 4.78 is 34.9. The molecule has 10 nitrogen and oxygen atoms in total. The molecule has 0 saturated carbocycles. The second-order valence-electron chi connectivity index (χ2n) is 11.7. The number of sulfonamides is 1. The average Bonchev–Trinajstić information content (AvgIpc) is 3.39. The van der Waals surface area contributed by atoms with E-state index < -0.39 is 40.3 Å². The van der Waals surface area contributed by atoms with Gasteiger partial charge in [-0.3, -0.25) is 9.69 Å². The predicted octanol–water partition coefficient (Wildman–Crippen LogP) is 6.09. The zero-order valence-corrected chi connectivity index (χ0v) is 26.6. The Bertz CT molecular complexity index is 1470. The van der Waals surface area contributed by atoms with E-state index in [1.54, 1.807) is 56.4 Å². The van der Waals surface area contributed by atoms with Gasteiger partial charge in [-0.05, 0) is 69.0 Å². The van der Waals surface area contributed by atoms with E-state index in [0.717, 1.165) is 29.0 Å². The van der Waals surface area contributed by atoms with E-state index in [9.17, 15) is 23.1 Å². The van der Waals surface area contributed by atoms with Crippen LogP contribution in [-0.2, 0) is 31.4 Å². The number of ether oxygens (including phenoxy) is 1.